The molecular weight excluding hydrogens is 472 g/mol. The maximum absolute atomic E-state index is 13.2. The van der Waals surface area contributed by atoms with Gasteiger partial charge in [0.25, 0.3) is 0 Å². The van der Waals surface area contributed by atoms with Crippen molar-refractivity contribution in [3.8, 4) is 5.75 Å². The van der Waals surface area contributed by atoms with Crippen LogP contribution < -0.4 is 21.3 Å². The summed E-state index contributed by atoms with van der Waals surface area (Å²) in [6.45, 7) is 3.87. The predicted octanol–water partition coefficient (Wildman–Crippen LogP) is -0.253. The zero-order chi connectivity index (χ0) is 26.8. The number of nitrogens with one attached hydrogen (secondary N) is 4. The lowest BCUT2D eigenvalue weighted by Crippen LogP contribution is -2.58. The highest BCUT2D eigenvalue weighted by atomic mass is 16.4. The number of phenols is 1. The summed E-state index contributed by atoms with van der Waals surface area (Å²) in [4.78, 5) is 61.4. The first kappa shape index (κ1) is 28.6. The van der Waals surface area contributed by atoms with E-state index in [0.717, 1.165) is 6.42 Å². The van der Waals surface area contributed by atoms with Gasteiger partial charge in [0.1, 0.15) is 23.9 Å². The number of phenolic OH excluding ortho intramolecular Hbond substituents is 1. The molecule has 4 unspecified atom stereocenters. The van der Waals surface area contributed by atoms with Crippen molar-refractivity contribution in [3.05, 3.63) is 29.8 Å². The Bertz CT molecular complexity index is 944. The van der Waals surface area contributed by atoms with Gasteiger partial charge >= 0.3 is 11.9 Å². The van der Waals surface area contributed by atoms with Crippen molar-refractivity contribution in [2.24, 2.45) is 5.92 Å². The van der Waals surface area contributed by atoms with Gasteiger partial charge in [-0.1, -0.05) is 26.0 Å². The molecule has 4 atom stereocenters. The number of carbonyl (C=O) groups excluding carboxylic acids is 3. The number of benzene rings is 1. The summed E-state index contributed by atoms with van der Waals surface area (Å²) in [5.74, 6) is -4.83. The van der Waals surface area contributed by atoms with Crippen LogP contribution in [-0.2, 0) is 30.4 Å². The van der Waals surface area contributed by atoms with Crippen molar-refractivity contribution in [1.82, 2.24) is 21.3 Å². The normalized spacial score (nSPS) is 17.6. The fourth-order valence-electron chi connectivity index (χ4n) is 3.83. The molecule has 2 rings (SSSR count). The van der Waals surface area contributed by atoms with E-state index in [1.54, 1.807) is 26.0 Å². The third-order valence-corrected chi connectivity index (χ3v) is 5.90. The number of carbonyl (C=O) groups is 5. The van der Waals surface area contributed by atoms with Gasteiger partial charge < -0.3 is 36.6 Å². The Labute approximate surface area is 208 Å². The standard InChI is InChI=1S/C24H34N4O8/c1-13(2)20(24(35)36)28-22(33)17(9-10-19(30)31)26-23(34)18(12-14-5-7-15(29)8-6-14)27-21(32)16-4-3-11-25-16/h5-8,13,16-18,20,25,29H,3-4,9-12H2,1-2H3,(H,26,34)(H,27,32)(H,28,33)(H,30,31)(H,35,36). The van der Waals surface area contributed by atoms with Gasteiger partial charge in [0, 0.05) is 12.8 Å². The molecule has 12 nitrogen and oxygen atoms in total. The predicted molar refractivity (Wildman–Crippen MR) is 128 cm³/mol. The number of aliphatic carboxylic acids is 2. The van der Waals surface area contributed by atoms with E-state index in [1.165, 1.54) is 12.1 Å². The Balaban J connectivity index is 2.22. The Morgan fingerprint density at radius 2 is 1.61 bits per heavy atom. The number of rotatable bonds is 13. The fraction of sp³-hybridized carbons (Fsp3) is 0.542. The second-order valence-corrected chi connectivity index (χ2v) is 9.14. The zero-order valence-corrected chi connectivity index (χ0v) is 20.3. The summed E-state index contributed by atoms with van der Waals surface area (Å²) < 4.78 is 0. The van der Waals surface area contributed by atoms with Crippen LogP contribution in [0.25, 0.3) is 0 Å². The van der Waals surface area contributed by atoms with E-state index in [1.807, 2.05) is 0 Å². The molecule has 1 aliphatic rings. The van der Waals surface area contributed by atoms with E-state index in [-0.39, 0.29) is 24.5 Å². The number of carboxylic acids is 2. The highest BCUT2D eigenvalue weighted by molar-refractivity contribution is 5.94. The molecule has 0 spiro atoms. The van der Waals surface area contributed by atoms with E-state index in [9.17, 15) is 34.2 Å². The molecule has 0 bridgehead atoms. The van der Waals surface area contributed by atoms with Gasteiger partial charge in [-0.25, -0.2) is 4.79 Å². The van der Waals surface area contributed by atoms with Crippen LogP contribution >= 0.6 is 0 Å². The summed E-state index contributed by atoms with van der Waals surface area (Å²) in [6.07, 6.45) is 0.738. The Morgan fingerprint density at radius 3 is 2.14 bits per heavy atom. The molecular formula is C24H34N4O8. The van der Waals surface area contributed by atoms with Crippen molar-refractivity contribution in [1.29, 1.82) is 0 Å². The van der Waals surface area contributed by atoms with Crippen LogP contribution in [0.5, 0.6) is 5.75 Å². The molecule has 0 saturated carbocycles. The summed E-state index contributed by atoms with van der Waals surface area (Å²) in [7, 11) is 0. The number of aromatic hydroxyl groups is 1. The number of amides is 3. The molecule has 0 aliphatic carbocycles. The van der Waals surface area contributed by atoms with Crippen LogP contribution in [0.1, 0.15) is 45.1 Å². The molecule has 1 saturated heterocycles. The molecule has 198 valence electrons. The van der Waals surface area contributed by atoms with Gasteiger partial charge in [0.2, 0.25) is 17.7 Å². The minimum atomic E-state index is -1.34. The van der Waals surface area contributed by atoms with Gasteiger partial charge in [-0.2, -0.15) is 0 Å². The highest BCUT2D eigenvalue weighted by Crippen LogP contribution is 2.13. The SMILES string of the molecule is CC(C)C(NC(=O)C(CCC(=O)O)NC(=O)C(Cc1ccc(O)cc1)NC(=O)C1CCCN1)C(=O)O. The molecule has 0 aromatic heterocycles. The summed E-state index contributed by atoms with van der Waals surface area (Å²) in [6, 6.07) is 1.91. The van der Waals surface area contributed by atoms with Gasteiger partial charge in [0.05, 0.1) is 6.04 Å². The first-order valence-corrected chi connectivity index (χ1v) is 11.8. The van der Waals surface area contributed by atoms with Crippen LogP contribution in [0, 0.1) is 5.92 Å². The van der Waals surface area contributed by atoms with Crippen molar-refractivity contribution in [2.75, 3.05) is 6.54 Å². The van der Waals surface area contributed by atoms with E-state index in [2.05, 4.69) is 21.3 Å². The molecule has 3 amide bonds. The molecule has 1 aliphatic heterocycles. The monoisotopic (exact) mass is 506 g/mol. The van der Waals surface area contributed by atoms with E-state index >= 15 is 0 Å². The van der Waals surface area contributed by atoms with Crippen LogP contribution in [0.15, 0.2) is 24.3 Å². The largest absolute Gasteiger partial charge is 0.508 e. The van der Waals surface area contributed by atoms with Gasteiger partial charge in [-0.05, 0) is 49.4 Å². The fourth-order valence-corrected chi connectivity index (χ4v) is 3.83. The molecule has 36 heavy (non-hydrogen) atoms. The average Bonchev–Trinajstić information content (AvgIpc) is 3.35. The lowest BCUT2D eigenvalue weighted by atomic mass is 10.0. The van der Waals surface area contributed by atoms with Crippen LogP contribution in [0.3, 0.4) is 0 Å². The lowest BCUT2D eigenvalue weighted by molar-refractivity contribution is -0.144. The quantitative estimate of drug-likeness (QED) is 0.189. The smallest absolute Gasteiger partial charge is 0.326 e. The summed E-state index contributed by atoms with van der Waals surface area (Å²) in [5.41, 5.74) is 0.630. The first-order chi connectivity index (χ1) is 17.0. The van der Waals surface area contributed by atoms with E-state index in [4.69, 9.17) is 5.11 Å². The van der Waals surface area contributed by atoms with Crippen LogP contribution in [-0.4, -0.2) is 75.7 Å². The Morgan fingerprint density at radius 1 is 0.972 bits per heavy atom. The van der Waals surface area contributed by atoms with Crippen molar-refractivity contribution >= 4 is 29.7 Å². The molecule has 0 radical (unpaired) electrons. The lowest BCUT2D eigenvalue weighted by Gasteiger charge is -2.26. The summed E-state index contributed by atoms with van der Waals surface area (Å²) in [5, 5.41) is 38.6. The maximum Gasteiger partial charge on any atom is 0.326 e. The van der Waals surface area contributed by atoms with Crippen molar-refractivity contribution < 1.29 is 39.3 Å². The molecule has 1 aromatic rings. The minimum absolute atomic E-state index is 0.0301. The molecule has 12 heteroatoms. The maximum atomic E-state index is 13.2. The third-order valence-electron chi connectivity index (χ3n) is 5.90. The third kappa shape index (κ3) is 8.84. The van der Waals surface area contributed by atoms with E-state index in [0.29, 0.717) is 18.5 Å². The highest BCUT2D eigenvalue weighted by Gasteiger charge is 2.32. The number of carboxylic acid groups (broad SMARTS) is 2. The minimum Gasteiger partial charge on any atom is -0.508 e. The zero-order valence-electron chi connectivity index (χ0n) is 20.3. The Hall–Kier alpha value is -3.67. The van der Waals surface area contributed by atoms with Crippen molar-refractivity contribution in [3.63, 3.8) is 0 Å². The van der Waals surface area contributed by atoms with Crippen LogP contribution in [0.4, 0.5) is 0 Å². The van der Waals surface area contributed by atoms with Crippen LogP contribution in [0.2, 0.25) is 0 Å². The number of hydrogen-bond acceptors (Lipinski definition) is 7. The average molecular weight is 507 g/mol. The molecule has 7 N–H and O–H groups in total. The summed E-state index contributed by atoms with van der Waals surface area (Å²) >= 11 is 0. The van der Waals surface area contributed by atoms with Crippen molar-refractivity contribution in [2.45, 2.75) is 70.1 Å². The second-order valence-electron chi connectivity index (χ2n) is 9.14. The topological polar surface area (TPSA) is 194 Å². The van der Waals surface area contributed by atoms with E-state index < -0.39 is 60.3 Å². The molecule has 1 fully saturated rings. The Kier molecular flexibility index (Phi) is 10.7. The molecule has 1 aromatic carbocycles. The van der Waals surface area contributed by atoms with Gasteiger partial charge in [-0.15, -0.1) is 0 Å². The first-order valence-electron chi connectivity index (χ1n) is 11.8. The van der Waals surface area contributed by atoms with Gasteiger partial charge in [0.15, 0.2) is 0 Å². The van der Waals surface area contributed by atoms with Gasteiger partial charge in [-0.3, -0.25) is 19.2 Å². The number of hydrogen-bond donors (Lipinski definition) is 7. The second kappa shape index (κ2) is 13.4. The molecule has 1 heterocycles.